The van der Waals surface area contributed by atoms with Gasteiger partial charge in [0.15, 0.2) is 10.7 Å². The SMILES string of the molecule is CC(C)(C)OC(=O)N(c1cscn1)S(=O)(=O)c1c(F)cc(Nc2c(Cl)cccc2CN2CCC2)cc1F. The van der Waals surface area contributed by atoms with Crippen molar-refractivity contribution in [3.05, 3.63) is 63.4 Å². The minimum atomic E-state index is -5.08. The second-order valence-corrected chi connectivity index (χ2v) is 12.2. The number of benzene rings is 2. The van der Waals surface area contributed by atoms with E-state index in [9.17, 15) is 13.2 Å². The average molecular weight is 571 g/mol. The molecule has 8 nitrogen and oxygen atoms in total. The number of hydrogen-bond acceptors (Lipinski definition) is 8. The van der Waals surface area contributed by atoms with Crippen LogP contribution in [0, 0.1) is 11.6 Å². The van der Waals surface area contributed by atoms with Crippen molar-refractivity contribution >= 4 is 56.2 Å². The molecule has 0 aliphatic carbocycles. The molecule has 0 atom stereocenters. The van der Waals surface area contributed by atoms with Crippen molar-refractivity contribution in [1.82, 2.24) is 9.88 Å². The van der Waals surface area contributed by atoms with Gasteiger partial charge in [-0.2, -0.15) is 0 Å². The third-order valence-electron chi connectivity index (χ3n) is 5.40. The Kier molecular flexibility index (Phi) is 7.75. The van der Waals surface area contributed by atoms with E-state index in [0.29, 0.717) is 17.3 Å². The molecule has 13 heteroatoms. The molecule has 3 aromatic rings. The van der Waals surface area contributed by atoms with E-state index in [1.54, 1.807) is 12.1 Å². The minimum Gasteiger partial charge on any atom is -0.443 e. The molecule has 198 valence electrons. The lowest BCUT2D eigenvalue weighted by Gasteiger charge is -2.31. The zero-order chi connectivity index (χ0) is 27.0. The third kappa shape index (κ3) is 6.03. The van der Waals surface area contributed by atoms with Gasteiger partial charge in [0.25, 0.3) is 10.0 Å². The maximum absolute atomic E-state index is 15.3. The predicted octanol–water partition coefficient (Wildman–Crippen LogP) is 6.15. The molecule has 37 heavy (non-hydrogen) atoms. The van der Waals surface area contributed by atoms with E-state index in [-0.39, 0.29) is 15.8 Å². The molecule has 2 heterocycles. The van der Waals surface area contributed by atoms with Crippen LogP contribution in [-0.4, -0.2) is 43.1 Å². The number of nitrogens with zero attached hydrogens (tertiary/aromatic N) is 3. The monoisotopic (exact) mass is 570 g/mol. The standard InChI is InChI=1S/C24H25ClF2N4O4S2/c1-24(2,3)35-23(32)31(20-13-36-14-28-20)37(33,34)22-18(26)10-16(11-19(22)27)29-21-15(6-4-7-17(21)25)12-30-8-5-9-30/h4,6-7,10-11,13-14,29H,5,8-9,12H2,1-3H3. The van der Waals surface area contributed by atoms with Gasteiger partial charge < -0.3 is 10.1 Å². The molecule has 1 N–H and O–H groups in total. The molecule has 1 saturated heterocycles. The normalized spacial score (nSPS) is 14.2. The highest BCUT2D eigenvalue weighted by molar-refractivity contribution is 7.93. The Labute approximate surface area is 222 Å². The zero-order valence-electron chi connectivity index (χ0n) is 20.3. The van der Waals surface area contributed by atoms with Crippen LogP contribution < -0.4 is 9.62 Å². The average Bonchev–Trinajstić information content (AvgIpc) is 3.24. The maximum Gasteiger partial charge on any atom is 0.430 e. The highest BCUT2D eigenvalue weighted by Crippen LogP contribution is 2.34. The Balaban J connectivity index is 1.70. The fraction of sp³-hybridized carbons (Fsp3) is 0.333. The van der Waals surface area contributed by atoms with Crippen LogP contribution >= 0.6 is 22.9 Å². The second kappa shape index (κ2) is 10.5. The number of aromatic nitrogens is 1. The van der Waals surface area contributed by atoms with Crippen molar-refractivity contribution < 1.29 is 26.7 Å². The summed E-state index contributed by atoms with van der Waals surface area (Å²) in [5.41, 5.74) is 1.44. The van der Waals surface area contributed by atoms with Gasteiger partial charge >= 0.3 is 6.09 Å². The quantitative estimate of drug-likeness (QED) is 0.364. The first-order valence-corrected chi connectivity index (χ1v) is 14.1. The maximum atomic E-state index is 15.3. The van der Waals surface area contributed by atoms with Crippen LogP contribution in [0.4, 0.5) is 30.8 Å². The van der Waals surface area contributed by atoms with Crippen LogP contribution in [0.5, 0.6) is 0 Å². The first kappa shape index (κ1) is 27.2. The first-order valence-electron chi connectivity index (χ1n) is 11.3. The smallest absolute Gasteiger partial charge is 0.430 e. The Bertz CT molecular complexity index is 1390. The van der Waals surface area contributed by atoms with Crippen LogP contribution in [0.1, 0.15) is 32.8 Å². The summed E-state index contributed by atoms with van der Waals surface area (Å²) in [7, 11) is -5.08. The lowest BCUT2D eigenvalue weighted by atomic mass is 10.1. The van der Waals surface area contributed by atoms with Crippen molar-refractivity contribution in [2.45, 2.75) is 44.2 Å². The fourth-order valence-electron chi connectivity index (χ4n) is 3.66. The number of thiazole rings is 1. The van der Waals surface area contributed by atoms with Gasteiger partial charge in [0.05, 0.1) is 16.2 Å². The van der Waals surface area contributed by atoms with Gasteiger partial charge in [0, 0.05) is 17.6 Å². The van der Waals surface area contributed by atoms with Gasteiger partial charge in [-0.25, -0.2) is 27.0 Å². The number of likely N-dealkylation sites (tertiary alicyclic amines) is 1. The third-order valence-corrected chi connectivity index (χ3v) is 8.01. The summed E-state index contributed by atoms with van der Waals surface area (Å²) in [6.07, 6.45) is -0.247. The molecule has 0 bridgehead atoms. The molecule has 1 aromatic heterocycles. The summed E-state index contributed by atoms with van der Waals surface area (Å²) in [4.78, 5) is 17.5. The molecule has 0 unspecified atom stereocenters. The molecule has 0 spiro atoms. The summed E-state index contributed by atoms with van der Waals surface area (Å²) in [6, 6.07) is 6.94. The van der Waals surface area contributed by atoms with Gasteiger partial charge in [-0.15, -0.1) is 15.6 Å². The lowest BCUT2D eigenvalue weighted by molar-refractivity contribution is 0.0608. The number of nitrogens with one attached hydrogen (secondary N) is 1. The Hall–Kier alpha value is -2.80. The predicted molar refractivity (Wildman–Crippen MR) is 139 cm³/mol. The summed E-state index contributed by atoms with van der Waals surface area (Å²) in [5, 5.41) is 4.51. The molecule has 2 aromatic carbocycles. The van der Waals surface area contributed by atoms with Crippen molar-refractivity contribution in [2.24, 2.45) is 0 Å². The van der Waals surface area contributed by atoms with E-state index in [1.165, 1.54) is 31.7 Å². The number of ether oxygens (including phenoxy) is 1. The van der Waals surface area contributed by atoms with E-state index in [2.05, 4.69) is 15.2 Å². The molecule has 4 rings (SSSR count). The number of anilines is 3. The summed E-state index contributed by atoms with van der Waals surface area (Å²) in [5.74, 6) is -3.14. The number of rotatable bonds is 7. The topological polar surface area (TPSA) is 91.8 Å². The molecule has 0 saturated carbocycles. The number of sulfonamides is 1. The molecule has 1 aliphatic heterocycles. The van der Waals surface area contributed by atoms with Crippen molar-refractivity contribution in [3.63, 3.8) is 0 Å². The van der Waals surface area contributed by atoms with E-state index >= 15 is 8.78 Å². The van der Waals surface area contributed by atoms with Crippen LogP contribution in [0.25, 0.3) is 0 Å². The van der Waals surface area contributed by atoms with E-state index in [0.717, 1.165) is 48.5 Å². The minimum absolute atomic E-state index is 0.0515. The number of para-hydroxylation sites is 1. The van der Waals surface area contributed by atoms with Crippen molar-refractivity contribution in [1.29, 1.82) is 0 Å². The Morgan fingerprint density at radius 1 is 1.24 bits per heavy atom. The van der Waals surface area contributed by atoms with Crippen molar-refractivity contribution in [2.75, 3.05) is 22.7 Å². The molecule has 1 aliphatic rings. The number of carbonyl (C=O) groups excluding carboxylic acids is 1. The second-order valence-electron chi connectivity index (χ2n) is 9.39. The fourth-order valence-corrected chi connectivity index (χ4v) is 5.86. The molecular formula is C24H25ClF2N4O4S2. The van der Waals surface area contributed by atoms with Crippen LogP contribution in [-0.2, 0) is 21.3 Å². The zero-order valence-corrected chi connectivity index (χ0v) is 22.7. The Morgan fingerprint density at radius 3 is 2.46 bits per heavy atom. The molecule has 1 fully saturated rings. The van der Waals surface area contributed by atoms with Crippen LogP contribution in [0.3, 0.4) is 0 Å². The van der Waals surface area contributed by atoms with Gasteiger partial charge in [-0.1, -0.05) is 23.7 Å². The van der Waals surface area contributed by atoms with Crippen molar-refractivity contribution in [3.8, 4) is 0 Å². The number of carbonyl (C=O) groups is 1. The van der Waals surface area contributed by atoms with Gasteiger partial charge in [0.2, 0.25) is 0 Å². The molecule has 1 amide bonds. The lowest BCUT2D eigenvalue weighted by Crippen LogP contribution is -2.41. The van der Waals surface area contributed by atoms with Crippen LogP contribution in [0.2, 0.25) is 5.02 Å². The van der Waals surface area contributed by atoms with Crippen LogP contribution in [0.15, 0.2) is 46.1 Å². The number of hydrogen-bond donors (Lipinski definition) is 1. The number of halogens is 3. The largest absolute Gasteiger partial charge is 0.443 e. The summed E-state index contributed by atoms with van der Waals surface area (Å²) >= 11 is 7.37. The van der Waals surface area contributed by atoms with E-state index in [4.69, 9.17) is 16.3 Å². The van der Waals surface area contributed by atoms with Gasteiger partial charge in [0.1, 0.15) is 17.2 Å². The van der Waals surface area contributed by atoms with Gasteiger partial charge in [-0.3, -0.25) is 4.90 Å². The summed E-state index contributed by atoms with van der Waals surface area (Å²) < 4.78 is 62.7. The van der Waals surface area contributed by atoms with E-state index < -0.39 is 38.2 Å². The van der Waals surface area contributed by atoms with E-state index in [1.807, 2.05) is 6.07 Å². The molecular weight excluding hydrogens is 546 g/mol. The van der Waals surface area contributed by atoms with Gasteiger partial charge in [-0.05, 0) is 64.0 Å². The molecule has 0 radical (unpaired) electrons. The number of amides is 1. The summed E-state index contributed by atoms with van der Waals surface area (Å²) in [6.45, 7) is 7.07. The first-order chi connectivity index (χ1) is 17.4. The Morgan fingerprint density at radius 2 is 1.92 bits per heavy atom. The highest BCUT2D eigenvalue weighted by atomic mass is 35.5. The highest BCUT2D eigenvalue weighted by Gasteiger charge is 2.39.